The van der Waals surface area contributed by atoms with Crippen molar-refractivity contribution in [2.75, 3.05) is 0 Å². The van der Waals surface area contributed by atoms with Crippen LogP contribution >= 0.6 is 0 Å². The Morgan fingerprint density at radius 1 is 1.47 bits per heavy atom. The van der Waals surface area contributed by atoms with Crippen LogP contribution in [-0.4, -0.2) is 21.0 Å². The maximum absolute atomic E-state index is 10.7. The highest BCUT2D eigenvalue weighted by Crippen LogP contribution is 2.46. The number of nitrogens with zero attached hydrogens (tertiary/aromatic N) is 1. The molecule has 3 rings (SSSR count). The zero-order valence-electron chi connectivity index (χ0n) is 7.97. The Labute approximate surface area is 86.0 Å². The second-order valence-corrected chi connectivity index (χ2v) is 3.93. The average molecular weight is 202 g/mol. The van der Waals surface area contributed by atoms with Crippen LogP contribution in [0.2, 0.25) is 0 Å². The molecule has 15 heavy (non-hydrogen) atoms. The first-order valence-electron chi connectivity index (χ1n) is 4.93. The second-order valence-electron chi connectivity index (χ2n) is 3.93. The van der Waals surface area contributed by atoms with E-state index in [1.54, 1.807) is 0 Å². The van der Waals surface area contributed by atoms with Crippen molar-refractivity contribution in [2.45, 2.75) is 12.3 Å². The number of hydrogen-bond acceptors (Lipinski definition) is 2. The van der Waals surface area contributed by atoms with Crippen LogP contribution in [0.25, 0.3) is 11.0 Å². The van der Waals surface area contributed by atoms with Crippen molar-refractivity contribution in [2.24, 2.45) is 5.92 Å². The lowest BCUT2D eigenvalue weighted by Gasteiger charge is -1.89. The molecule has 76 valence electrons. The maximum atomic E-state index is 10.7. The molecule has 0 spiro atoms. The molecule has 0 saturated heterocycles. The molecule has 1 aromatic heterocycles. The number of hydrogen-bond donors (Lipinski definition) is 2. The molecule has 1 fully saturated rings. The lowest BCUT2D eigenvalue weighted by atomic mass is 10.3. The number of fused-ring (bicyclic) bond motifs is 1. The lowest BCUT2D eigenvalue weighted by molar-refractivity contribution is -0.138. The number of aromatic nitrogens is 2. The van der Waals surface area contributed by atoms with Crippen molar-refractivity contribution in [1.82, 2.24) is 9.97 Å². The van der Waals surface area contributed by atoms with Gasteiger partial charge in [-0.3, -0.25) is 4.79 Å². The molecule has 4 nitrogen and oxygen atoms in total. The third-order valence-corrected chi connectivity index (χ3v) is 2.87. The number of imidazole rings is 1. The SMILES string of the molecule is O=C(O)[C@H]1C[C@@H]1c1nc2ccccc2[nH]1. The molecule has 2 N–H and O–H groups in total. The Morgan fingerprint density at radius 2 is 2.27 bits per heavy atom. The summed E-state index contributed by atoms with van der Waals surface area (Å²) >= 11 is 0. The number of nitrogens with one attached hydrogen (secondary N) is 1. The summed E-state index contributed by atoms with van der Waals surface area (Å²) in [7, 11) is 0. The Hall–Kier alpha value is -1.84. The van der Waals surface area contributed by atoms with E-state index in [4.69, 9.17) is 5.11 Å². The van der Waals surface area contributed by atoms with Crippen LogP contribution in [0, 0.1) is 5.92 Å². The minimum atomic E-state index is -0.722. The molecule has 1 saturated carbocycles. The topological polar surface area (TPSA) is 66.0 Å². The van der Waals surface area contributed by atoms with Gasteiger partial charge >= 0.3 is 5.97 Å². The number of aromatic amines is 1. The summed E-state index contributed by atoms with van der Waals surface area (Å²) in [6.07, 6.45) is 0.704. The quantitative estimate of drug-likeness (QED) is 0.779. The van der Waals surface area contributed by atoms with Crippen molar-refractivity contribution < 1.29 is 9.90 Å². The molecule has 2 aromatic rings. The zero-order valence-corrected chi connectivity index (χ0v) is 7.97. The number of carboxylic acids is 1. The van der Waals surface area contributed by atoms with E-state index in [0.717, 1.165) is 16.9 Å². The Morgan fingerprint density at radius 3 is 2.93 bits per heavy atom. The van der Waals surface area contributed by atoms with Crippen LogP contribution < -0.4 is 0 Å². The van der Waals surface area contributed by atoms with Crippen LogP contribution in [0.4, 0.5) is 0 Å². The molecule has 1 heterocycles. The number of benzene rings is 1. The van der Waals surface area contributed by atoms with Gasteiger partial charge in [-0.25, -0.2) is 4.98 Å². The van der Waals surface area contributed by atoms with Crippen LogP contribution in [-0.2, 0) is 4.79 Å². The molecule has 0 aliphatic heterocycles. The van der Waals surface area contributed by atoms with Crippen molar-refractivity contribution in [3.05, 3.63) is 30.1 Å². The summed E-state index contributed by atoms with van der Waals surface area (Å²) in [5.74, 6) is -0.0791. The summed E-state index contributed by atoms with van der Waals surface area (Å²) in [6.45, 7) is 0. The van der Waals surface area contributed by atoms with Crippen LogP contribution in [0.5, 0.6) is 0 Å². The van der Waals surface area contributed by atoms with Gasteiger partial charge in [-0.05, 0) is 18.6 Å². The summed E-state index contributed by atoms with van der Waals surface area (Å²) in [6, 6.07) is 7.73. The van der Waals surface area contributed by atoms with Gasteiger partial charge in [-0.15, -0.1) is 0 Å². The number of aliphatic carboxylic acids is 1. The van der Waals surface area contributed by atoms with Gasteiger partial charge in [0.05, 0.1) is 17.0 Å². The van der Waals surface area contributed by atoms with Crippen molar-refractivity contribution >= 4 is 17.0 Å². The summed E-state index contributed by atoms with van der Waals surface area (Å²) in [5.41, 5.74) is 1.88. The highest BCUT2D eigenvalue weighted by molar-refractivity contribution is 5.77. The normalized spacial score (nSPS) is 24.3. The number of carboxylic acid groups (broad SMARTS) is 1. The molecule has 0 bridgehead atoms. The fraction of sp³-hybridized carbons (Fsp3) is 0.273. The Kier molecular flexibility index (Phi) is 1.59. The minimum Gasteiger partial charge on any atom is -0.481 e. The van der Waals surface area contributed by atoms with Crippen LogP contribution in [0.1, 0.15) is 18.2 Å². The smallest absolute Gasteiger partial charge is 0.307 e. The van der Waals surface area contributed by atoms with E-state index < -0.39 is 5.97 Å². The van der Waals surface area contributed by atoms with E-state index in [-0.39, 0.29) is 11.8 Å². The van der Waals surface area contributed by atoms with Crippen LogP contribution in [0.15, 0.2) is 24.3 Å². The van der Waals surface area contributed by atoms with Gasteiger partial charge in [-0.1, -0.05) is 12.1 Å². The van der Waals surface area contributed by atoms with Crippen molar-refractivity contribution in [1.29, 1.82) is 0 Å². The van der Waals surface area contributed by atoms with E-state index in [0.29, 0.717) is 6.42 Å². The third kappa shape index (κ3) is 1.29. The van der Waals surface area contributed by atoms with Gasteiger partial charge < -0.3 is 10.1 Å². The summed E-state index contributed by atoms with van der Waals surface area (Å²) in [4.78, 5) is 18.3. The van der Waals surface area contributed by atoms with Crippen molar-refractivity contribution in [3.8, 4) is 0 Å². The second kappa shape index (κ2) is 2.82. The fourth-order valence-electron chi connectivity index (χ4n) is 1.92. The van der Waals surface area contributed by atoms with Crippen LogP contribution in [0.3, 0.4) is 0 Å². The van der Waals surface area contributed by atoms with Gasteiger partial charge in [0.2, 0.25) is 0 Å². The number of para-hydroxylation sites is 2. The minimum absolute atomic E-state index is 0.0786. The third-order valence-electron chi connectivity index (χ3n) is 2.87. The first-order chi connectivity index (χ1) is 7.25. The molecule has 1 aliphatic carbocycles. The van der Waals surface area contributed by atoms with E-state index in [2.05, 4.69) is 9.97 Å². The molecule has 0 unspecified atom stereocenters. The molecule has 1 aromatic carbocycles. The number of rotatable bonds is 2. The molecular weight excluding hydrogens is 192 g/mol. The molecule has 1 aliphatic rings. The maximum Gasteiger partial charge on any atom is 0.307 e. The Bertz CT molecular complexity index is 499. The lowest BCUT2D eigenvalue weighted by Crippen LogP contribution is -1.99. The van der Waals surface area contributed by atoms with E-state index in [1.165, 1.54) is 0 Å². The summed E-state index contributed by atoms with van der Waals surface area (Å²) in [5, 5.41) is 8.82. The zero-order chi connectivity index (χ0) is 10.4. The highest BCUT2D eigenvalue weighted by atomic mass is 16.4. The largest absolute Gasteiger partial charge is 0.481 e. The predicted octanol–water partition coefficient (Wildman–Crippen LogP) is 1.75. The highest BCUT2D eigenvalue weighted by Gasteiger charge is 2.46. The standard InChI is InChI=1S/C11H10N2O2/c14-11(15)7-5-6(7)10-12-8-3-1-2-4-9(8)13-10/h1-4,6-7H,5H2,(H,12,13)(H,14,15)/t6-,7-/m0/s1. The Balaban J connectivity index is 1.97. The molecule has 0 amide bonds. The number of carbonyl (C=O) groups is 1. The first kappa shape index (κ1) is 8.47. The van der Waals surface area contributed by atoms with E-state index in [1.807, 2.05) is 24.3 Å². The van der Waals surface area contributed by atoms with E-state index in [9.17, 15) is 4.79 Å². The monoisotopic (exact) mass is 202 g/mol. The van der Waals surface area contributed by atoms with E-state index >= 15 is 0 Å². The van der Waals surface area contributed by atoms with Gasteiger partial charge in [0.25, 0.3) is 0 Å². The first-order valence-corrected chi connectivity index (χ1v) is 4.93. The molecule has 0 radical (unpaired) electrons. The predicted molar refractivity (Wildman–Crippen MR) is 54.6 cm³/mol. The summed E-state index contributed by atoms with van der Waals surface area (Å²) < 4.78 is 0. The molecule has 2 atom stereocenters. The average Bonchev–Trinajstić information content (AvgIpc) is 2.91. The fourth-order valence-corrected chi connectivity index (χ4v) is 1.92. The number of H-pyrrole nitrogens is 1. The van der Waals surface area contributed by atoms with Gasteiger partial charge in [0.1, 0.15) is 5.82 Å². The van der Waals surface area contributed by atoms with Gasteiger partial charge in [-0.2, -0.15) is 0 Å². The van der Waals surface area contributed by atoms with Crippen molar-refractivity contribution in [3.63, 3.8) is 0 Å². The van der Waals surface area contributed by atoms with Gasteiger partial charge in [0.15, 0.2) is 0 Å². The van der Waals surface area contributed by atoms with Gasteiger partial charge in [0, 0.05) is 5.92 Å². The molecular formula is C11H10N2O2. The molecule has 4 heteroatoms.